The van der Waals surface area contributed by atoms with Crippen LogP contribution in [0.3, 0.4) is 0 Å². The lowest BCUT2D eigenvalue weighted by molar-refractivity contribution is 0.324. The van der Waals surface area contributed by atoms with Crippen LogP contribution in [-0.4, -0.2) is 40.0 Å². The van der Waals surface area contributed by atoms with Gasteiger partial charge in [-0.05, 0) is 37.6 Å². The Morgan fingerprint density at radius 3 is 2.03 bits per heavy atom. The first-order valence-electron chi connectivity index (χ1n) is 9.59. The number of hydrogen-bond acceptors (Lipinski definition) is 6. The van der Waals surface area contributed by atoms with Crippen LogP contribution < -0.4 is 25.5 Å². The van der Waals surface area contributed by atoms with Crippen molar-refractivity contribution in [2.75, 3.05) is 21.3 Å². The molecule has 1 aromatic carbocycles. The molecule has 0 N–H and O–H groups in total. The molecule has 0 amide bonds. The molecule has 0 atom stereocenters. The summed E-state index contributed by atoms with van der Waals surface area (Å²) < 4.78 is 20.6. The summed E-state index contributed by atoms with van der Waals surface area (Å²) in [5, 5.41) is 0. The molecule has 0 aliphatic heterocycles. The van der Waals surface area contributed by atoms with Gasteiger partial charge in [0.1, 0.15) is 5.82 Å². The van der Waals surface area contributed by atoms with Gasteiger partial charge in [-0.3, -0.25) is 13.9 Å². The Labute approximate surface area is 173 Å². The summed E-state index contributed by atoms with van der Waals surface area (Å²) >= 11 is 0. The van der Waals surface area contributed by atoms with E-state index in [2.05, 4.69) is 4.98 Å². The largest absolute Gasteiger partial charge is 0.493 e. The van der Waals surface area contributed by atoms with Crippen molar-refractivity contribution in [1.82, 2.24) is 18.7 Å². The maximum atomic E-state index is 12.8. The lowest BCUT2D eigenvalue weighted by Gasteiger charge is -2.12. The fourth-order valence-corrected chi connectivity index (χ4v) is 3.46. The average Bonchev–Trinajstić information content (AvgIpc) is 3.08. The fraction of sp³-hybridized carbons (Fsp3) is 0.381. The van der Waals surface area contributed by atoms with Gasteiger partial charge in [0.15, 0.2) is 22.7 Å². The van der Waals surface area contributed by atoms with E-state index in [1.54, 1.807) is 45.9 Å². The Morgan fingerprint density at radius 2 is 1.53 bits per heavy atom. The van der Waals surface area contributed by atoms with Crippen molar-refractivity contribution in [2.45, 2.75) is 26.9 Å². The van der Waals surface area contributed by atoms with Crippen LogP contribution >= 0.6 is 0 Å². The zero-order valence-corrected chi connectivity index (χ0v) is 18.1. The van der Waals surface area contributed by atoms with E-state index in [0.717, 1.165) is 5.56 Å². The Morgan fingerprint density at radius 1 is 0.933 bits per heavy atom. The van der Waals surface area contributed by atoms with Gasteiger partial charge in [0.2, 0.25) is 5.75 Å². The Balaban J connectivity index is 2.17. The van der Waals surface area contributed by atoms with E-state index in [9.17, 15) is 9.59 Å². The highest BCUT2D eigenvalue weighted by Crippen LogP contribution is 2.38. The summed E-state index contributed by atoms with van der Waals surface area (Å²) in [6, 6.07) is 3.62. The number of imidazole rings is 1. The summed E-state index contributed by atoms with van der Waals surface area (Å²) in [5.41, 5.74) is 0.878. The van der Waals surface area contributed by atoms with Crippen LogP contribution in [0.4, 0.5) is 0 Å². The Bertz CT molecular complexity index is 1210. The van der Waals surface area contributed by atoms with Crippen LogP contribution in [0.5, 0.6) is 17.2 Å². The molecule has 0 saturated heterocycles. The Kier molecular flexibility index (Phi) is 6.00. The zero-order chi connectivity index (χ0) is 22.0. The first-order chi connectivity index (χ1) is 14.4. The summed E-state index contributed by atoms with van der Waals surface area (Å²) in [6.07, 6.45) is 3.61. The summed E-state index contributed by atoms with van der Waals surface area (Å²) in [4.78, 5) is 30.0. The van der Waals surface area contributed by atoms with Crippen LogP contribution in [0.15, 0.2) is 21.7 Å². The molecule has 9 nitrogen and oxygen atoms in total. The van der Waals surface area contributed by atoms with Gasteiger partial charge in [0.05, 0.1) is 21.3 Å². The number of aromatic nitrogens is 4. The number of benzene rings is 1. The third kappa shape index (κ3) is 3.36. The van der Waals surface area contributed by atoms with Gasteiger partial charge in [-0.25, -0.2) is 9.78 Å². The molecule has 9 heteroatoms. The fourth-order valence-electron chi connectivity index (χ4n) is 3.46. The first-order valence-corrected chi connectivity index (χ1v) is 9.59. The van der Waals surface area contributed by atoms with Gasteiger partial charge >= 0.3 is 5.69 Å². The molecule has 0 aliphatic rings. The number of rotatable bonds is 7. The van der Waals surface area contributed by atoms with E-state index < -0.39 is 0 Å². The molecule has 2 aromatic heterocycles. The van der Waals surface area contributed by atoms with Gasteiger partial charge in [0, 0.05) is 20.1 Å². The van der Waals surface area contributed by atoms with Crippen molar-refractivity contribution >= 4 is 23.3 Å². The van der Waals surface area contributed by atoms with Crippen molar-refractivity contribution in [3.05, 3.63) is 44.4 Å². The maximum absolute atomic E-state index is 12.8. The molecular formula is C21H26N4O5. The molecule has 0 saturated carbocycles. The van der Waals surface area contributed by atoms with E-state index in [4.69, 9.17) is 14.2 Å². The van der Waals surface area contributed by atoms with Crippen LogP contribution in [0.1, 0.15) is 25.2 Å². The number of ether oxygens (including phenoxy) is 3. The molecule has 3 aromatic rings. The minimum atomic E-state index is -0.351. The Hall–Kier alpha value is -3.49. The van der Waals surface area contributed by atoms with Crippen molar-refractivity contribution in [3.63, 3.8) is 0 Å². The number of methoxy groups -OCH3 is 3. The lowest BCUT2D eigenvalue weighted by atomic mass is 10.1. The molecule has 2 heterocycles. The predicted octanol–water partition coefficient (Wildman–Crippen LogP) is 2.13. The number of aryl methyl sites for hydroxylation is 2. The summed E-state index contributed by atoms with van der Waals surface area (Å²) in [7, 11) is 6.42. The quantitative estimate of drug-likeness (QED) is 0.588. The second-order valence-electron chi connectivity index (χ2n) is 6.57. The van der Waals surface area contributed by atoms with Crippen molar-refractivity contribution in [2.24, 2.45) is 7.05 Å². The van der Waals surface area contributed by atoms with E-state index in [0.29, 0.717) is 47.3 Å². The second kappa shape index (κ2) is 8.48. The zero-order valence-electron chi connectivity index (χ0n) is 18.1. The van der Waals surface area contributed by atoms with E-state index in [1.807, 2.05) is 25.1 Å². The highest BCUT2D eigenvalue weighted by Gasteiger charge is 2.18. The number of fused-ring (bicyclic) bond motifs is 1. The SMILES string of the molecule is CCn1c(=O)c2c(nc(C=Cc3cc(OC)c(OC)c(OC)c3)n2C)n(CC)c1=O. The van der Waals surface area contributed by atoms with Gasteiger partial charge in [0.25, 0.3) is 5.56 Å². The molecule has 3 rings (SSSR count). The molecule has 0 aliphatic carbocycles. The third-order valence-electron chi connectivity index (χ3n) is 5.02. The molecule has 0 unspecified atom stereocenters. The van der Waals surface area contributed by atoms with Crippen LogP contribution in [0, 0.1) is 0 Å². The molecule has 160 valence electrons. The monoisotopic (exact) mass is 414 g/mol. The maximum Gasteiger partial charge on any atom is 0.332 e. The molecule has 30 heavy (non-hydrogen) atoms. The van der Waals surface area contributed by atoms with Gasteiger partial charge in [-0.1, -0.05) is 6.08 Å². The third-order valence-corrected chi connectivity index (χ3v) is 5.02. The van der Waals surface area contributed by atoms with Crippen LogP contribution in [0.2, 0.25) is 0 Å². The first kappa shape index (κ1) is 21.2. The second-order valence-corrected chi connectivity index (χ2v) is 6.57. The lowest BCUT2D eigenvalue weighted by Crippen LogP contribution is -2.39. The average molecular weight is 414 g/mol. The standard InChI is InChI=1S/C21H26N4O5/c1-7-24-19-17(20(26)25(8-2)21(24)27)23(3)16(22-19)10-9-13-11-14(28-4)18(30-6)15(12-13)29-5/h9-12H,7-8H2,1-6H3. The van der Waals surface area contributed by atoms with E-state index in [1.165, 1.54) is 9.13 Å². The molecule has 0 radical (unpaired) electrons. The van der Waals surface area contributed by atoms with Crippen molar-refractivity contribution in [3.8, 4) is 17.2 Å². The number of nitrogens with zero attached hydrogens (tertiary/aromatic N) is 4. The summed E-state index contributed by atoms with van der Waals surface area (Å²) in [5.74, 6) is 2.12. The van der Waals surface area contributed by atoms with Crippen molar-refractivity contribution in [1.29, 1.82) is 0 Å². The van der Waals surface area contributed by atoms with E-state index in [-0.39, 0.29) is 11.2 Å². The van der Waals surface area contributed by atoms with Gasteiger partial charge in [-0.15, -0.1) is 0 Å². The minimum absolute atomic E-state index is 0.301. The normalized spacial score (nSPS) is 11.4. The smallest absolute Gasteiger partial charge is 0.332 e. The van der Waals surface area contributed by atoms with E-state index >= 15 is 0 Å². The highest BCUT2D eigenvalue weighted by molar-refractivity contribution is 5.77. The minimum Gasteiger partial charge on any atom is -0.493 e. The highest BCUT2D eigenvalue weighted by atomic mass is 16.5. The predicted molar refractivity (Wildman–Crippen MR) is 116 cm³/mol. The topological polar surface area (TPSA) is 89.5 Å². The van der Waals surface area contributed by atoms with Gasteiger partial charge < -0.3 is 18.8 Å². The van der Waals surface area contributed by atoms with Crippen LogP contribution in [-0.2, 0) is 20.1 Å². The summed E-state index contributed by atoms with van der Waals surface area (Å²) in [6.45, 7) is 4.35. The molecule has 0 spiro atoms. The van der Waals surface area contributed by atoms with Crippen LogP contribution in [0.25, 0.3) is 23.3 Å². The molecule has 0 fully saturated rings. The van der Waals surface area contributed by atoms with Crippen molar-refractivity contribution < 1.29 is 14.2 Å². The molecule has 0 bridgehead atoms. The molecular weight excluding hydrogens is 388 g/mol. The van der Waals surface area contributed by atoms with Gasteiger partial charge in [-0.2, -0.15) is 0 Å². The number of hydrogen-bond donors (Lipinski definition) is 0.